The van der Waals surface area contributed by atoms with Gasteiger partial charge in [0, 0.05) is 19.3 Å². The summed E-state index contributed by atoms with van der Waals surface area (Å²) in [6.45, 7) is 0. The fourth-order valence-corrected chi connectivity index (χ4v) is 1.28. The van der Waals surface area contributed by atoms with Crippen LogP contribution in [0.4, 0.5) is 11.5 Å². The van der Waals surface area contributed by atoms with E-state index >= 15 is 0 Å². The van der Waals surface area contributed by atoms with Gasteiger partial charge in [-0.05, 0) is 12.1 Å². The molecule has 2 aromatic rings. The predicted molar refractivity (Wildman–Crippen MR) is 59.8 cm³/mol. The van der Waals surface area contributed by atoms with Crippen molar-refractivity contribution in [3.05, 3.63) is 36.3 Å². The zero-order valence-corrected chi connectivity index (χ0v) is 8.71. The molecule has 0 saturated carbocycles. The quantitative estimate of drug-likeness (QED) is 0.773. The first-order valence-corrected chi connectivity index (χ1v) is 4.68. The Labute approximate surface area is 92.1 Å². The van der Waals surface area contributed by atoms with Gasteiger partial charge in [0.2, 0.25) is 0 Å². The normalized spacial score (nSPS) is 10.1. The maximum Gasteiger partial charge on any atom is 0.277 e. The number of nitrogens with two attached hydrogens (primary N) is 1. The Morgan fingerprint density at radius 3 is 2.88 bits per heavy atom. The van der Waals surface area contributed by atoms with Crippen LogP contribution in [0.3, 0.4) is 0 Å². The van der Waals surface area contributed by atoms with Crippen molar-refractivity contribution < 1.29 is 4.79 Å². The lowest BCUT2D eigenvalue weighted by molar-refractivity contribution is 0.102. The smallest absolute Gasteiger partial charge is 0.277 e. The van der Waals surface area contributed by atoms with Crippen LogP contribution < -0.4 is 11.1 Å². The van der Waals surface area contributed by atoms with E-state index in [1.54, 1.807) is 36.1 Å². The number of nitrogen functional groups attached to an aromatic ring is 1. The number of nitrogens with one attached hydrogen (secondary N) is 1. The van der Waals surface area contributed by atoms with Gasteiger partial charge in [-0.2, -0.15) is 5.10 Å². The lowest BCUT2D eigenvalue weighted by atomic mass is 10.3. The number of nitrogens with zero attached hydrogens (tertiary/aromatic N) is 3. The number of carbonyl (C=O) groups is 1. The van der Waals surface area contributed by atoms with Crippen molar-refractivity contribution in [2.75, 3.05) is 11.1 Å². The van der Waals surface area contributed by atoms with E-state index in [0.717, 1.165) is 0 Å². The number of aromatic nitrogens is 3. The number of carbonyl (C=O) groups excluding carboxylic acids is 1. The average molecular weight is 217 g/mol. The molecule has 0 aliphatic heterocycles. The molecule has 0 atom stereocenters. The first kappa shape index (κ1) is 10.2. The van der Waals surface area contributed by atoms with Gasteiger partial charge in [-0.3, -0.25) is 9.48 Å². The molecule has 3 N–H and O–H groups in total. The van der Waals surface area contributed by atoms with Crippen LogP contribution in [0.15, 0.2) is 30.6 Å². The van der Waals surface area contributed by atoms with Gasteiger partial charge in [-0.1, -0.05) is 0 Å². The molecule has 2 heterocycles. The molecular formula is C10H11N5O. The predicted octanol–water partition coefficient (Wildman–Crippen LogP) is 0.650. The van der Waals surface area contributed by atoms with E-state index in [4.69, 9.17) is 5.73 Å². The minimum atomic E-state index is -0.346. The molecule has 0 aromatic carbocycles. The molecule has 82 valence electrons. The van der Waals surface area contributed by atoms with E-state index in [0.29, 0.717) is 11.5 Å². The highest BCUT2D eigenvalue weighted by molar-refractivity contribution is 6.05. The van der Waals surface area contributed by atoms with Gasteiger partial charge < -0.3 is 11.1 Å². The molecule has 0 bridgehead atoms. The summed E-state index contributed by atoms with van der Waals surface area (Å²) in [5, 5.41) is 6.60. The van der Waals surface area contributed by atoms with Crippen molar-refractivity contribution in [1.29, 1.82) is 0 Å². The van der Waals surface area contributed by atoms with Crippen LogP contribution in [0.2, 0.25) is 0 Å². The number of anilines is 2. The number of pyridine rings is 1. The maximum absolute atomic E-state index is 11.8. The highest BCUT2D eigenvalue weighted by Gasteiger charge is 2.12. The monoisotopic (exact) mass is 217 g/mol. The Kier molecular flexibility index (Phi) is 2.55. The van der Waals surface area contributed by atoms with Crippen LogP contribution in [0.5, 0.6) is 0 Å². The molecule has 0 saturated heterocycles. The zero-order valence-electron chi connectivity index (χ0n) is 8.71. The van der Waals surface area contributed by atoms with Crippen LogP contribution in [-0.2, 0) is 7.05 Å². The third kappa shape index (κ3) is 1.85. The SMILES string of the molecule is Cn1nccc1NC(=O)c1ncccc1N. The summed E-state index contributed by atoms with van der Waals surface area (Å²) in [7, 11) is 1.73. The standard InChI is InChI=1S/C10H11N5O/c1-15-8(4-6-13-15)14-10(16)9-7(11)3-2-5-12-9/h2-6H,11H2,1H3,(H,14,16). The first-order valence-electron chi connectivity index (χ1n) is 4.68. The van der Waals surface area contributed by atoms with Crippen molar-refractivity contribution in [3.63, 3.8) is 0 Å². The molecule has 6 nitrogen and oxygen atoms in total. The molecule has 0 spiro atoms. The number of amides is 1. The summed E-state index contributed by atoms with van der Waals surface area (Å²) < 4.78 is 1.55. The Hall–Kier alpha value is -2.37. The van der Waals surface area contributed by atoms with Crippen molar-refractivity contribution in [3.8, 4) is 0 Å². The van der Waals surface area contributed by atoms with Crippen LogP contribution in [-0.4, -0.2) is 20.7 Å². The van der Waals surface area contributed by atoms with Gasteiger partial charge in [-0.15, -0.1) is 0 Å². The van der Waals surface area contributed by atoms with Gasteiger partial charge in [0.1, 0.15) is 5.82 Å². The summed E-state index contributed by atoms with van der Waals surface area (Å²) in [6, 6.07) is 5.00. The molecule has 1 amide bonds. The van der Waals surface area contributed by atoms with Crippen LogP contribution >= 0.6 is 0 Å². The minimum absolute atomic E-state index is 0.212. The van der Waals surface area contributed by atoms with Crippen molar-refractivity contribution >= 4 is 17.4 Å². The van der Waals surface area contributed by atoms with Gasteiger partial charge in [0.15, 0.2) is 5.69 Å². The lowest BCUT2D eigenvalue weighted by Gasteiger charge is -2.05. The Morgan fingerprint density at radius 1 is 1.44 bits per heavy atom. The minimum Gasteiger partial charge on any atom is -0.397 e. The first-order chi connectivity index (χ1) is 7.68. The van der Waals surface area contributed by atoms with Gasteiger partial charge >= 0.3 is 0 Å². The van der Waals surface area contributed by atoms with Crippen molar-refractivity contribution in [1.82, 2.24) is 14.8 Å². The highest BCUT2D eigenvalue weighted by atomic mass is 16.2. The molecule has 2 rings (SSSR count). The van der Waals surface area contributed by atoms with E-state index in [1.807, 2.05) is 0 Å². The second-order valence-corrected chi connectivity index (χ2v) is 3.24. The summed E-state index contributed by atoms with van der Waals surface area (Å²) in [6.07, 6.45) is 3.12. The molecular weight excluding hydrogens is 206 g/mol. The van der Waals surface area contributed by atoms with Crippen molar-refractivity contribution in [2.24, 2.45) is 7.05 Å². The van der Waals surface area contributed by atoms with E-state index in [2.05, 4.69) is 15.4 Å². The van der Waals surface area contributed by atoms with E-state index < -0.39 is 0 Å². The second-order valence-electron chi connectivity index (χ2n) is 3.24. The third-order valence-electron chi connectivity index (χ3n) is 2.12. The number of hydrogen-bond donors (Lipinski definition) is 2. The Balaban J connectivity index is 2.22. The van der Waals surface area contributed by atoms with Gasteiger partial charge in [0.05, 0.1) is 11.9 Å². The van der Waals surface area contributed by atoms with Crippen LogP contribution in [0, 0.1) is 0 Å². The largest absolute Gasteiger partial charge is 0.397 e. The zero-order chi connectivity index (χ0) is 11.5. The molecule has 6 heteroatoms. The molecule has 0 fully saturated rings. The van der Waals surface area contributed by atoms with E-state index in [9.17, 15) is 4.79 Å². The second kappa shape index (κ2) is 4.01. The summed E-state index contributed by atoms with van der Waals surface area (Å²) in [4.78, 5) is 15.7. The molecule has 2 aromatic heterocycles. The highest BCUT2D eigenvalue weighted by Crippen LogP contribution is 2.10. The van der Waals surface area contributed by atoms with Crippen LogP contribution in [0.25, 0.3) is 0 Å². The molecule has 16 heavy (non-hydrogen) atoms. The number of rotatable bonds is 2. The maximum atomic E-state index is 11.8. The average Bonchev–Trinajstić information content (AvgIpc) is 2.65. The van der Waals surface area contributed by atoms with Crippen molar-refractivity contribution in [2.45, 2.75) is 0 Å². The third-order valence-corrected chi connectivity index (χ3v) is 2.12. The van der Waals surface area contributed by atoms with Gasteiger partial charge in [0.25, 0.3) is 5.91 Å². The van der Waals surface area contributed by atoms with Crippen LogP contribution in [0.1, 0.15) is 10.5 Å². The Morgan fingerprint density at radius 2 is 2.25 bits per heavy atom. The summed E-state index contributed by atoms with van der Waals surface area (Å²) in [5.74, 6) is 0.247. The fraction of sp³-hybridized carbons (Fsp3) is 0.100. The molecule has 0 aliphatic carbocycles. The molecule has 0 unspecified atom stereocenters. The fourth-order valence-electron chi connectivity index (χ4n) is 1.28. The molecule has 0 radical (unpaired) electrons. The lowest BCUT2D eigenvalue weighted by Crippen LogP contribution is -2.17. The molecule has 0 aliphatic rings. The van der Waals surface area contributed by atoms with E-state index in [1.165, 1.54) is 6.20 Å². The topological polar surface area (TPSA) is 85.8 Å². The number of hydrogen-bond acceptors (Lipinski definition) is 4. The van der Waals surface area contributed by atoms with Gasteiger partial charge in [-0.25, -0.2) is 4.98 Å². The number of aryl methyl sites for hydroxylation is 1. The summed E-state index contributed by atoms with van der Waals surface area (Å²) in [5.41, 5.74) is 6.20. The van der Waals surface area contributed by atoms with E-state index in [-0.39, 0.29) is 11.6 Å². The summed E-state index contributed by atoms with van der Waals surface area (Å²) >= 11 is 0. The Bertz CT molecular complexity index is 519.